The van der Waals surface area contributed by atoms with Gasteiger partial charge in [-0.15, -0.1) is 0 Å². The Hall–Kier alpha value is -2.51. The summed E-state index contributed by atoms with van der Waals surface area (Å²) in [6.07, 6.45) is 3.50. The molecule has 1 aliphatic heterocycles. The molecular weight excluding hydrogens is 393 g/mol. The molecular formula is C21H23ClFN5O. The lowest BCUT2D eigenvalue weighted by atomic mass is 10.2. The van der Waals surface area contributed by atoms with Crippen molar-refractivity contribution in [2.45, 2.75) is 26.3 Å². The van der Waals surface area contributed by atoms with Crippen molar-refractivity contribution in [3.8, 4) is 11.5 Å². The molecule has 0 unspecified atom stereocenters. The Morgan fingerprint density at radius 1 is 1.17 bits per heavy atom. The molecule has 0 amide bonds. The third kappa shape index (κ3) is 4.57. The van der Waals surface area contributed by atoms with Gasteiger partial charge in [0.1, 0.15) is 11.6 Å². The van der Waals surface area contributed by atoms with Crippen molar-refractivity contribution in [1.82, 2.24) is 20.0 Å². The second kappa shape index (κ2) is 8.88. The van der Waals surface area contributed by atoms with E-state index < -0.39 is 0 Å². The highest BCUT2D eigenvalue weighted by Gasteiger charge is 2.22. The monoisotopic (exact) mass is 415 g/mol. The number of anilines is 1. The van der Waals surface area contributed by atoms with Crippen LogP contribution in [0.2, 0.25) is 5.02 Å². The first kappa shape index (κ1) is 19.8. The van der Waals surface area contributed by atoms with Gasteiger partial charge in [0.05, 0.1) is 5.56 Å². The number of halogens is 2. The summed E-state index contributed by atoms with van der Waals surface area (Å²) in [7, 11) is 0. The summed E-state index contributed by atoms with van der Waals surface area (Å²) in [6.45, 7) is 6.19. The van der Waals surface area contributed by atoms with E-state index in [9.17, 15) is 4.39 Å². The highest BCUT2D eigenvalue weighted by atomic mass is 35.5. The molecule has 3 heterocycles. The van der Waals surface area contributed by atoms with Crippen molar-refractivity contribution in [3.63, 3.8) is 0 Å². The smallest absolute Gasteiger partial charge is 0.261 e. The molecule has 0 atom stereocenters. The molecule has 1 fully saturated rings. The molecule has 0 spiro atoms. The van der Waals surface area contributed by atoms with E-state index in [0.29, 0.717) is 23.3 Å². The molecule has 152 valence electrons. The predicted molar refractivity (Wildman–Crippen MR) is 110 cm³/mol. The van der Waals surface area contributed by atoms with Crippen molar-refractivity contribution in [3.05, 3.63) is 58.8 Å². The lowest BCUT2D eigenvalue weighted by molar-refractivity contribution is 0.285. The van der Waals surface area contributed by atoms with Crippen LogP contribution in [0.4, 0.5) is 10.2 Å². The number of hydrogen-bond acceptors (Lipinski definition) is 6. The molecule has 0 bridgehead atoms. The van der Waals surface area contributed by atoms with Gasteiger partial charge in [-0.05, 0) is 36.2 Å². The summed E-state index contributed by atoms with van der Waals surface area (Å²) >= 11 is 6.21. The van der Waals surface area contributed by atoms with E-state index in [-0.39, 0.29) is 5.82 Å². The quantitative estimate of drug-likeness (QED) is 0.622. The molecule has 8 heteroatoms. The van der Waals surface area contributed by atoms with Gasteiger partial charge < -0.3 is 9.42 Å². The van der Waals surface area contributed by atoms with Gasteiger partial charge in [0.25, 0.3) is 5.89 Å². The van der Waals surface area contributed by atoms with Crippen molar-refractivity contribution in [1.29, 1.82) is 0 Å². The number of nitrogens with zero attached hydrogens (tertiary/aromatic N) is 5. The molecule has 0 saturated carbocycles. The molecule has 3 aromatic rings. The third-order valence-corrected chi connectivity index (χ3v) is 5.45. The summed E-state index contributed by atoms with van der Waals surface area (Å²) in [6, 6.07) is 8.44. The number of rotatable bonds is 5. The van der Waals surface area contributed by atoms with Gasteiger partial charge in [0.2, 0.25) is 0 Å². The Bertz CT molecular complexity index is 979. The lowest BCUT2D eigenvalue weighted by Gasteiger charge is -2.24. The van der Waals surface area contributed by atoms with E-state index >= 15 is 0 Å². The van der Waals surface area contributed by atoms with Gasteiger partial charge in [-0.2, -0.15) is 4.98 Å². The van der Waals surface area contributed by atoms with Crippen molar-refractivity contribution < 1.29 is 8.91 Å². The van der Waals surface area contributed by atoms with Crippen LogP contribution in [-0.2, 0) is 13.0 Å². The second-order valence-corrected chi connectivity index (χ2v) is 7.50. The normalized spacial score (nSPS) is 15.5. The largest absolute Gasteiger partial charge is 0.355 e. The maximum atomic E-state index is 13.3. The van der Waals surface area contributed by atoms with Gasteiger partial charge in [-0.25, -0.2) is 9.37 Å². The average Bonchev–Trinajstić information content (AvgIpc) is 3.09. The zero-order valence-electron chi connectivity index (χ0n) is 16.3. The zero-order chi connectivity index (χ0) is 20.2. The standard InChI is InChI=1S/C21H23ClFN5O/c1-2-19-25-21(29-26-19)17-5-3-8-24-20(17)28-10-4-9-27(11-12-28)14-15-6-7-16(23)13-18(15)22/h3,5-8,13H,2,4,9-12,14H2,1H3. The molecule has 1 aromatic carbocycles. The van der Waals surface area contributed by atoms with Crippen LogP contribution in [-0.4, -0.2) is 46.2 Å². The van der Waals surface area contributed by atoms with Crippen molar-refractivity contribution in [2.75, 3.05) is 31.1 Å². The summed E-state index contributed by atoms with van der Waals surface area (Å²) in [4.78, 5) is 13.7. The summed E-state index contributed by atoms with van der Waals surface area (Å²) in [5.41, 5.74) is 1.80. The minimum Gasteiger partial charge on any atom is -0.355 e. The number of hydrogen-bond donors (Lipinski definition) is 0. The van der Waals surface area contributed by atoms with E-state index in [1.54, 1.807) is 12.3 Å². The van der Waals surface area contributed by atoms with E-state index in [0.717, 1.165) is 56.0 Å². The van der Waals surface area contributed by atoms with Crippen LogP contribution in [0.5, 0.6) is 0 Å². The minimum atomic E-state index is -0.310. The molecule has 0 N–H and O–H groups in total. The Morgan fingerprint density at radius 3 is 2.86 bits per heavy atom. The van der Waals surface area contributed by atoms with Crippen molar-refractivity contribution >= 4 is 17.4 Å². The number of benzene rings is 1. The fourth-order valence-corrected chi connectivity index (χ4v) is 3.78. The molecule has 4 rings (SSSR count). The van der Waals surface area contributed by atoms with Gasteiger partial charge in [0.15, 0.2) is 5.82 Å². The summed E-state index contributed by atoms with van der Waals surface area (Å²) in [5, 5.41) is 4.48. The maximum Gasteiger partial charge on any atom is 0.261 e. The number of pyridine rings is 1. The molecule has 0 radical (unpaired) electrons. The number of aryl methyl sites for hydroxylation is 1. The first-order valence-corrected chi connectivity index (χ1v) is 10.2. The molecule has 1 aliphatic rings. The average molecular weight is 416 g/mol. The Labute approximate surface area is 174 Å². The van der Waals surface area contributed by atoms with E-state index in [2.05, 4.69) is 24.9 Å². The van der Waals surface area contributed by atoms with Crippen LogP contribution in [0, 0.1) is 5.82 Å². The molecule has 6 nitrogen and oxygen atoms in total. The molecule has 1 saturated heterocycles. The second-order valence-electron chi connectivity index (χ2n) is 7.10. The zero-order valence-corrected chi connectivity index (χ0v) is 17.1. The SMILES string of the molecule is CCc1noc(-c2cccnc2N2CCCN(Cc3ccc(F)cc3Cl)CC2)n1. The summed E-state index contributed by atoms with van der Waals surface area (Å²) in [5.74, 6) is 1.74. The highest BCUT2D eigenvalue weighted by Crippen LogP contribution is 2.28. The molecule has 0 aliphatic carbocycles. The Kier molecular flexibility index (Phi) is 6.06. The van der Waals surface area contributed by atoms with E-state index in [1.807, 2.05) is 19.1 Å². The fraction of sp³-hybridized carbons (Fsp3) is 0.381. The van der Waals surface area contributed by atoms with Gasteiger partial charge in [0, 0.05) is 50.4 Å². The van der Waals surface area contributed by atoms with Gasteiger partial charge in [-0.3, -0.25) is 4.90 Å². The van der Waals surface area contributed by atoms with Crippen LogP contribution in [0.15, 0.2) is 41.1 Å². The predicted octanol–water partition coefficient (Wildman–Crippen LogP) is 4.20. The van der Waals surface area contributed by atoms with E-state index in [1.165, 1.54) is 12.1 Å². The lowest BCUT2D eigenvalue weighted by Crippen LogP contribution is -2.31. The first-order valence-electron chi connectivity index (χ1n) is 9.83. The fourth-order valence-electron chi connectivity index (χ4n) is 3.55. The first-order chi connectivity index (χ1) is 14.1. The van der Waals surface area contributed by atoms with Crippen LogP contribution in [0.3, 0.4) is 0 Å². The highest BCUT2D eigenvalue weighted by molar-refractivity contribution is 6.31. The van der Waals surface area contributed by atoms with Crippen LogP contribution in [0.1, 0.15) is 24.7 Å². The third-order valence-electron chi connectivity index (χ3n) is 5.10. The summed E-state index contributed by atoms with van der Waals surface area (Å²) < 4.78 is 18.7. The Morgan fingerprint density at radius 2 is 2.07 bits per heavy atom. The number of aromatic nitrogens is 3. The van der Waals surface area contributed by atoms with Crippen LogP contribution >= 0.6 is 11.6 Å². The van der Waals surface area contributed by atoms with E-state index in [4.69, 9.17) is 16.1 Å². The Balaban J connectivity index is 1.49. The van der Waals surface area contributed by atoms with Crippen LogP contribution < -0.4 is 4.90 Å². The van der Waals surface area contributed by atoms with Crippen LogP contribution in [0.25, 0.3) is 11.5 Å². The van der Waals surface area contributed by atoms with Gasteiger partial charge in [-0.1, -0.05) is 29.7 Å². The maximum absolute atomic E-state index is 13.3. The van der Waals surface area contributed by atoms with Crippen molar-refractivity contribution in [2.24, 2.45) is 0 Å². The van der Waals surface area contributed by atoms with Gasteiger partial charge >= 0.3 is 0 Å². The minimum absolute atomic E-state index is 0.310. The topological polar surface area (TPSA) is 58.3 Å². The molecule has 29 heavy (non-hydrogen) atoms. The molecule has 2 aromatic heterocycles.